The van der Waals surface area contributed by atoms with Crippen molar-refractivity contribution in [3.8, 4) is 5.75 Å². The molecule has 0 aromatic heterocycles. The van der Waals surface area contributed by atoms with Gasteiger partial charge in [0.1, 0.15) is 17.4 Å². The van der Waals surface area contributed by atoms with Gasteiger partial charge < -0.3 is 4.74 Å². The summed E-state index contributed by atoms with van der Waals surface area (Å²) in [6, 6.07) is 22.5. The molecule has 0 spiro atoms. The van der Waals surface area contributed by atoms with Crippen LogP contribution in [-0.4, -0.2) is 0 Å². The van der Waals surface area contributed by atoms with Crippen molar-refractivity contribution >= 4 is 32.8 Å². The smallest absolute Gasteiger partial charge is 0.178 e. The summed E-state index contributed by atoms with van der Waals surface area (Å²) in [7, 11) is 0. The van der Waals surface area contributed by atoms with E-state index in [0.29, 0.717) is 0 Å². The third kappa shape index (κ3) is 2.95. The highest BCUT2D eigenvalue weighted by atomic mass is 79.9. The molecule has 142 valence electrons. The number of fused-ring (bicyclic) bond motifs is 3. The number of halogens is 3. The minimum atomic E-state index is -0.995. The maximum atomic E-state index is 13.6. The van der Waals surface area contributed by atoms with Crippen LogP contribution in [0, 0.1) is 11.6 Å². The van der Waals surface area contributed by atoms with Crippen molar-refractivity contribution in [3.63, 3.8) is 0 Å². The van der Waals surface area contributed by atoms with Crippen LogP contribution in [0.25, 0.3) is 16.8 Å². The Morgan fingerprint density at radius 2 is 1.28 bits per heavy atom. The van der Waals surface area contributed by atoms with Crippen LogP contribution in [-0.2, 0) is 5.60 Å². The molecule has 0 saturated carbocycles. The van der Waals surface area contributed by atoms with Gasteiger partial charge in [0.2, 0.25) is 0 Å². The lowest BCUT2D eigenvalue weighted by Gasteiger charge is -2.36. The molecule has 1 aliphatic heterocycles. The number of ether oxygens (including phenoxy) is 1. The summed E-state index contributed by atoms with van der Waals surface area (Å²) < 4.78 is 34.9. The Hall–Kier alpha value is -2.98. The highest BCUT2D eigenvalue weighted by molar-refractivity contribution is 9.10. The fourth-order valence-electron chi connectivity index (χ4n) is 3.84. The zero-order chi connectivity index (χ0) is 20.0. The first-order chi connectivity index (χ1) is 14.1. The monoisotopic (exact) mass is 448 g/mol. The molecule has 5 rings (SSSR count). The molecule has 0 saturated heterocycles. The Morgan fingerprint density at radius 3 is 1.86 bits per heavy atom. The molecule has 1 nitrogen and oxygen atoms in total. The van der Waals surface area contributed by atoms with Gasteiger partial charge in [0.05, 0.1) is 0 Å². The van der Waals surface area contributed by atoms with Crippen molar-refractivity contribution in [1.29, 1.82) is 0 Å². The lowest BCUT2D eigenvalue weighted by Crippen LogP contribution is -2.34. The number of hydrogen-bond donors (Lipinski definition) is 0. The highest BCUT2D eigenvalue weighted by Crippen LogP contribution is 2.46. The van der Waals surface area contributed by atoms with Gasteiger partial charge in [0.25, 0.3) is 0 Å². The van der Waals surface area contributed by atoms with E-state index in [1.54, 1.807) is 24.3 Å². The standard InChI is InChI=1S/C25H15BrF2O/c26-23-15-16-13-14-25(17-5-9-19(27)10-6-17,18-7-11-20(28)12-8-18)29-24(16)22-4-2-1-3-21(22)23/h1-15H. The van der Waals surface area contributed by atoms with Gasteiger partial charge in [-0.1, -0.05) is 70.5 Å². The lowest BCUT2D eigenvalue weighted by atomic mass is 9.83. The van der Waals surface area contributed by atoms with E-state index in [2.05, 4.69) is 15.9 Å². The Bertz CT molecular complexity index is 1200. The van der Waals surface area contributed by atoms with Crippen LogP contribution in [0.4, 0.5) is 8.78 Å². The largest absolute Gasteiger partial charge is 0.472 e. The molecule has 0 fully saturated rings. The van der Waals surface area contributed by atoms with Gasteiger partial charge in [-0.25, -0.2) is 8.78 Å². The molecule has 0 aliphatic carbocycles. The summed E-state index contributed by atoms with van der Waals surface area (Å²) in [6.07, 6.45) is 3.94. The van der Waals surface area contributed by atoms with Gasteiger partial charge in [0, 0.05) is 26.5 Å². The number of rotatable bonds is 2. The topological polar surface area (TPSA) is 9.23 Å². The normalized spacial score (nSPS) is 14.4. The molecule has 0 N–H and O–H groups in total. The SMILES string of the molecule is Fc1ccc(C2(c3ccc(F)cc3)C=Cc3cc(Br)c4ccccc4c3O2)cc1. The summed E-state index contributed by atoms with van der Waals surface area (Å²) in [5.41, 5.74) is 1.47. The molecule has 0 unspecified atom stereocenters. The number of hydrogen-bond acceptors (Lipinski definition) is 1. The van der Waals surface area contributed by atoms with Crippen molar-refractivity contribution < 1.29 is 13.5 Å². The van der Waals surface area contributed by atoms with Gasteiger partial charge >= 0.3 is 0 Å². The van der Waals surface area contributed by atoms with E-state index in [1.807, 2.05) is 42.5 Å². The van der Waals surface area contributed by atoms with Crippen LogP contribution in [0.15, 0.2) is 89.4 Å². The van der Waals surface area contributed by atoms with Gasteiger partial charge in [-0.3, -0.25) is 0 Å². The third-order valence-corrected chi connectivity index (χ3v) is 5.94. The van der Waals surface area contributed by atoms with Crippen molar-refractivity contribution in [2.75, 3.05) is 0 Å². The molecule has 4 aromatic carbocycles. The van der Waals surface area contributed by atoms with Gasteiger partial charge in [-0.15, -0.1) is 0 Å². The molecule has 0 amide bonds. The minimum absolute atomic E-state index is 0.322. The molecule has 4 heteroatoms. The van der Waals surface area contributed by atoms with E-state index in [9.17, 15) is 8.78 Å². The Labute approximate surface area is 175 Å². The average Bonchev–Trinajstić information content (AvgIpc) is 2.75. The first-order valence-electron chi connectivity index (χ1n) is 9.18. The molecular formula is C25H15BrF2O. The summed E-state index contributed by atoms with van der Waals surface area (Å²) in [4.78, 5) is 0. The van der Waals surface area contributed by atoms with E-state index >= 15 is 0 Å². The summed E-state index contributed by atoms with van der Waals surface area (Å²) in [6.45, 7) is 0. The van der Waals surface area contributed by atoms with Gasteiger partial charge in [-0.2, -0.15) is 0 Å². The second-order valence-electron chi connectivity index (χ2n) is 7.01. The maximum Gasteiger partial charge on any atom is 0.178 e. The van der Waals surface area contributed by atoms with Gasteiger partial charge in [0.15, 0.2) is 5.60 Å². The second-order valence-corrected chi connectivity index (χ2v) is 7.86. The molecule has 0 bridgehead atoms. The average molecular weight is 449 g/mol. The molecule has 1 aliphatic rings. The summed E-state index contributed by atoms with van der Waals surface area (Å²) in [5.74, 6) is 0.0927. The summed E-state index contributed by atoms with van der Waals surface area (Å²) >= 11 is 3.64. The fraction of sp³-hybridized carbons (Fsp3) is 0.0400. The molecule has 4 aromatic rings. The molecule has 29 heavy (non-hydrogen) atoms. The van der Waals surface area contributed by atoms with Crippen LogP contribution >= 0.6 is 15.9 Å². The third-order valence-electron chi connectivity index (χ3n) is 5.28. The Morgan fingerprint density at radius 1 is 0.724 bits per heavy atom. The van der Waals surface area contributed by atoms with Crippen LogP contribution < -0.4 is 4.74 Å². The molecule has 0 radical (unpaired) electrons. The van der Waals surface area contributed by atoms with Crippen LogP contribution in [0.1, 0.15) is 16.7 Å². The molecule has 0 atom stereocenters. The van der Waals surface area contributed by atoms with E-state index in [4.69, 9.17) is 4.74 Å². The van der Waals surface area contributed by atoms with E-state index in [0.717, 1.165) is 37.7 Å². The first kappa shape index (κ1) is 18.1. The zero-order valence-electron chi connectivity index (χ0n) is 15.2. The van der Waals surface area contributed by atoms with Crippen molar-refractivity contribution in [2.24, 2.45) is 0 Å². The van der Waals surface area contributed by atoms with Crippen LogP contribution in [0.3, 0.4) is 0 Å². The first-order valence-corrected chi connectivity index (χ1v) is 9.98. The Kier molecular flexibility index (Phi) is 4.25. The fourth-order valence-corrected chi connectivity index (χ4v) is 4.43. The highest BCUT2D eigenvalue weighted by Gasteiger charge is 2.37. The molecular weight excluding hydrogens is 434 g/mol. The summed E-state index contributed by atoms with van der Waals surface area (Å²) in [5, 5.41) is 2.00. The van der Waals surface area contributed by atoms with Crippen LogP contribution in [0.5, 0.6) is 5.75 Å². The number of benzene rings is 4. The van der Waals surface area contributed by atoms with Crippen LogP contribution in [0.2, 0.25) is 0 Å². The minimum Gasteiger partial charge on any atom is -0.472 e. The van der Waals surface area contributed by atoms with Gasteiger partial charge in [-0.05, 0) is 41.8 Å². The zero-order valence-corrected chi connectivity index (χ0v) is 16.8. The van der Waals surface area contributed by atoms with E-state index < -0.39 is 5.60 Å². The second kappa shape index (κ2) is 6.82. The van der Waals surface area contributed by atoms with Crippen molar-refractivity contribution in [1.82, 2.24) is 0 Å². The predicted octanol–water partition coefficient (Wildman–Crippen LogP) is 7.23. The quantitative estimate of drug-likeness (QED) is 0.314. The van der Waals surface area contributed by atoms with Crippen molar-refractivity contribution in [3.05, 3.63) is 118 Å². The Balaban J connectivity index is 1.78. The molecule has 1 heterocycles. The van der Waals surface area contributed by atoms with Crippen molar-refractivity contribution in [2.45, 2.75) is 5.60 Å². The lowest BCUT2D eigenvalue weighted by molar-refractivity contribution is 0.163. The van der Waals surface area contributed by atoms with E-state index in [1.165, 1.54) is 24.3 Å². The van der Waals surface area contributed by atoms with E-state index in [-0.39, 0.29) is 11.6 Å². The maximum absolute atomic E-state index is 13.6. The predicted molar refractivity (Wildman–Crippen MR) is 115 cm³/mol.